The number of hydrogen-bond donors (Lipinski definition) is 1. The zero-order valence-corrected chi connectivity index (χ0v) is 14.3. The Morgan fingerprint density at radius 3 is 2.67 bits per heavy atom. The molecule has 1 N–H and O–H groups in total. The zero-order chi connectivity index (χ0) is 18.7. The summed E-state index contributed by atoms with van der Waals surface area (Å²) in [4.78, 5) is 21.8. The fourth-order valence-corrected chi connectivity index (χ4v) is 3.69. The van der Waals surface area contributed by atoms with Crippen molar-refractivity contribution in [1.29, 1.82) is 0 Å². The Morgan fingerprint density at radius 1 is 1.11 bits per heavy atom. The van der Waals surface area contributed by atoms with Gasteiger partial charge in [0.1, 0.15) is 23.0 Å². The van der Waals surface area contributed by atoms with Crippen LogP contribution in [0, 0.1) is 11.6 Å². The summed E-state index contributed by atoms with van der Waals surface area (Å²) in [6.07, 6.45) is 4.65. The Balaban J connectivity index is 1.87. The maximum Gasteiger partial charge on any atom is 0.274 e. The third-order valence-electron chi connectivity index (χ3n) is 4.93. The van der Waals surface area contributed by atoms with Crippen LogP contribution in [0.25, 0.3) is 22.0 Å². The fourth-order valence-electron chi connectivity index (χ4n) is 3.69. The number of H-pyrrole nitrogens is 1. The van der Waals surface area contributed by atoms with E-state index in [9.17, 15) is 13.6 Å². The highest BCUT2D eigenvalue weighted by molar-refractivity contribution is 6.01. The van der Waals surface area contributed by atoms with Crippen molar-refractivity contribution in [3.8, 4) is 11.1 Å². The first-order valence-electron chi connectivity index (χ1n) is 8.41. The van der Waals surface area contributed by atoms with Gasteiger partial charge in [-0.25, -0.2) is 13.8 Å². The Bertz CT molecular complexity index is 1260. The lowest BCUT2D eigenvalue weighted by atomic mass is 10.0. The SMILES string of the molecule is Cn1cc2c3c(c[nH]c3c1=O)CN(c1ccc(F)cc1)c1ncc(F)cc1-2. The Morgan fingerprint density at radius 2 is 1.89 bits per heavy atom. The van der Waals surface area contributed by atoms with Gasteiger partial charge in [-0.2, -0.15) is 0 Å². The van der Waals surface area contributed by atoms with Gasteiger partial charge in [-0.3, -0.25) is 4.79 Å². The van der Waals surface area contributed by atoms with Crippen molar-refractivity contribution in [2.45, 2.75) is 6.54 Å². The first-order chi connectivity index (χ1) is 13.0. The van der Waals surface area contributed by atoms with Crippen LogP contribution in [0.5, 0.6) is 0 Å². The number of aromatic nitrogens is 3. The van der Waals surface area contributed by atoms with Crippen molar-refractivity contribution in [3.05, 3.63) is 76.5 Å². The second-order valence-electron chi connectivity index (χ2n) is 6.61. The number of pyridine rings is 2. The minimum Gasteiger partial charge on any atom is -0.356 e. The number of aryl methyl sites for hydroxylation is 1. The lowest BCUT2D eigenvalue weighted by molar-refractivity contribution is 0.621. The van der Waals surface area contributed by atoms with Gasteiger partial charge in [0, 0.05) is 41.6 Å². The van der Waals surface area contributed by atoms with Gasteiger partial charge in [0.05, 0.1) is 12.7 Å². The molecule has 1 aromatic carbocycles. The normalized spacial score (nSPS) is 12.9. The van der Waals surface area contributed by atoms with Crippen LogP contribution in [0.4, 0.5) is 20.3 Å². The molecule has 27 heavy (non-hydrogen) atoms. The molecule has 5 rings (SSSR count). The van der Waals surface area contributed by atoms with Crippen LogP contribution < -0.4 is 10.5 Å². The lowest BCUT2D eigenvalue weighted by Gasteiger charge is -2.24. The molecule has 4 heterocycles. The van der Waals surface area contributed by atoms with E-state index in [4.69, 9.17) is 0 Å². The minimum atomic E-state index is -0.464. The van der Waals surface area contributed by atoms with Crippen molar-refractivity contribution in [1.82, 2.24) is 14.5 Å². The molecular weight excluding hydrogens is 350 g/mol. The molecule has 0 radical (unpaired) electrons. The van der Waals surface area contributed by atoms with E-state index < -0.39 is 5.82 Å². The topological polar surface area (TPSA) is 53.9 Å². The summed E-state index contributed by atoms with van der Waals surface area (Å²) in [6.45, 7) is 0.414. The van der Waals surface area contributed by atoms with Crippen molar-refractivity contribution >= 4 is 22.4 Å². The summed E-state index contributed by atoms with van der Waals surface area (Å²) < 4.78 is 28.9. The number of fused-ring (bicyclic) bond motifs is 2. The quantitative estimate of drug-likeness (QED) is 0.558. The monoisotopic (exact) mass is 364 g/mol. The van der Waals surface area contributed by atoms with Crippen molar-refractivity contribution in [3.63, 3.8) is 0 Å². The number of nitrogens with one attached hydrogen (secondary N) is 1. The summed E-state index contributed by atoms with van der Waals surface area (Å²) in [7, 11) is 1.66. The number of benzene rings is 1. The summed E-state index contributed by atoms with van der Waals surface area (Å²) in [6, 6.07) is 7.48. The predicted molar refractivity (Wildman–Crippen MR) is 99.0 cm³/mol. The molecule has 0 amide bonds. The smallest absolute Gasteiger partial charge is 0.274 e. The van der Waals surface area contributed by atoms with Gasteiger partial charge in [-0.05, 0) is 35.9 Å². The average molecular weight is 364 g/mol. The first kappa shape index (κ1) is 15.7. The van der Waals surface area contributed by atoms with E-state index in [0.29, 0.717) is 23.4 Å². The number of halogens is 2. The molecule has 4 aromatic rings. The summed E-state index contributed by atoms with van der Waals surface area (Å²) in [5, 5.41) is 0.761. The van der Waals surface area contributed by atoms with Crippen LogP contribution in [-0.4, -0.2) is 14.5 Å². The molecule has 0 fully saturated rings. The van der Waals surface area contributed by atoms with E-state index in [2.05, 4.69) is 9.97 Å². The van der Waals surface area contributed by atoms with Gasteiger partial charge in [-0.15, -0.1) is 0 Å². The largest absolute Gasteiger partial charge is 0.356 e. The first-order valence-corrected chi connectivity index (χ1v) is 8.41. The van der Waals surface area contributed by atoms with E-state index in [0.717, 1.165) is 28.4 Å². The molecule has 5 nitrogen and oxygen atoms in total. The van der Waals surface area contributed by atoms with Crippen LogP contribution >= 0.6 is 0 Å². The number of nitrogens with zero attached hydrogens (tertiary/aromatic N) is 3. The van der Waals surface area contributed by atoms with Gasteiger partial charge in [0.2, 0.25) is 0 Å². The van der Waals surface area contributed by atoms with Crippen molar-refractivity contribution in [2.75, 3.05) is 4.90 Å². The van der Waals surface area contributed by atoms with Gasteiger partial charge < -0.3 is 14.5 Å². The average Bonchev–Trinajstić information content (AvgIpc) is 3.02. The van der Waals surface area contributed by atoms with Crippen LogP contribution in [0.15, 0.2) is 53.7 Å². The van der Waals surface area contributed by atoms with Crippen LogP contribution in [-0.2, 0) is 13.6 Å². The molecule has 0 atom stereocenters. The molecule has 0 aliphatic carbocycles. The predicted octanol–water partition coefficient (Wildman–Crippen LogP) is 3.86. The molecule has 0 saturated heterocycles. The summed E-state index contributed by atoms with van der Waals surface area (Å²) >= 11 is 0. The molecule has 0 saturated carbocycles. The minimum absolute atomic E-state index is 0.152. The molecule has 0 bridgehead atoms. The van der Waals surface area contributed by atoms with E-state index in [1.165, 1.54) is 22.8 Å². The molecule has 134 valence electrons. The number of aromatic amines is 1. The van der Waals surface area contributed by atoms with Crippen LogP contribution in [0.1, 0.15) is 5.56 Å². The van der Waals surface area contributed by atoms with Crippen LogP contribution in [0.3, 0.4) is 0 Å². The summed E-state index contributed by atoms with van der Waals surface area (Å²) in [5.41, 5.74) is 3.25. The van der Waals surface area contributed by atoms with Crippen molar-refractivity contribution < 1.29 is 8.78 Å². The molecule has 0 spiro atoms. The number of anilines is 2. The highest BCUT2D eigenvalue weighted by Crippen LogP contribution is 2.42. The lowest BCUT2D eigenvalue weighted by Crippen LogP contribution is -2.17. The fraction of sp³-hybridized carbons (Fsp3) is 0.100. The number of rotatable bonds is 1. The van der Waals surface area contributed by atoms with E-state index in [-0.39, 0.29) is 11.4 Å². The molecule has 1 aliphatic heterocycles. The number of hydrogen-bond acceptors (Lipinski definition) is 3. The van der Waals surface area contributed by atoms with Gasteiger partial charge in [-0.1, -0.05) is 0 Å². The summed E-state index contributed by atoms with van der Waals surface area (Å²) in [5.74, 6) is -0.246. The molecule has 1 aliphatic rings. The van der Waals surface area contributed by atoms with Gasteiger partial charge in [0.25, 0.3) is 5.56 Å². The van der Waals surface area contributed by atoms with E-state index >= 15 is 0 Å². The maximum atomic E-state index is 14.1. The van der Waals surface area contributed by atoms with E-state index in [1.54, 1.807) is 31.6 Å². The molecular formula is C20H14F2N4O. The maximum absolute atomic E-state index is 14.1. The van der Waals surface area contributed by atoms with E-state index in [1.807, 2.05) is 4.90 Å². The van der Waals surface area contributed by atoms with Gasteiger partial charge in [0.15, 0.2) is 0 Å². The van der Waals surface area contributed by atoms with Gasteiger partial charge >= 0.3 is 0 Å². The standard InChI is InChI=1S/C20H14F2N4O/c1-25-10-16-15-6-13(22)8-24-19(15)26(14-4-2-12(21)3-5-14)9-11-7-23-18(17(11)16)20(25)27/h2-8,10,23H,9H2,1H3. The Kier molecular flexibility index (Phi) is 3.21. The third kappa shape index (κ3) is 2.28. The van der Waals surface area contributed by atoms with Crippen LogP contribution in [0.2, 0.25) is 0 Å². The Hall–Kier alpha value is -3.48. The highest BCUT2D eigenvalue weighted by atomic mass is 19.1. The third-order valence-corrected chi connectivity index (χ3v) is 4.93. The molecule has 3 aromatic heterocycles. The zero-order valence-electron chi connectivity index (χ0n) is 14.3. The highest BCUT2D eigenvalue weighted by Gasteiger charge is 2.26. The second kappa shape index (κ2) is 5.51. The van der Waals surface area contributed by atoms with Crippen molar-refractivity contribution in [2.24, 2.45) is 7.05 Å². The Labute approximate surface area is 152 Å². The second-order valence-corrected chi connectivity index (χ2v) is 6.61. The molecule has 7 heteroatoms. The molecule has 0 unspecified atom stereocenters.